The van der Waals surface area contributed by atoms with E-state index in [0.717, 1.165) is 17.1 Å². The number of amidine groups is 4. The maximum absolute atomic E-state index is 14.0. The van der Waals surface area contributed by atoms with Crippen LogP contribution in [0, 0.1) is 17.5 Å². The summed E-state index contributed by atoms with van der Waals surface area (Å²) in [5, 5.41) is 65.1. The molecular weight excluding hydrogens is 2220 g/mol. The first kappa shape index (κ1) is 112. The van der Waals surface area contributed by atoms with Crippen LogP contribution >= 0.6 is 116 Å². The molecule has 37 nitrogen and oxygen atoms in total. The Morgan fingerprint density at radius 1 is 0.507 bits per heavy atom. The van der Waals surface area contributed by atoms with Gasteiger partial charge in [-0.2, -0.15) is 0 Å². The Labute approximate surface area is 889 Å². The highest BCUT2D eigenvalue weighted by atomic mass is 79.9. The maximum Gasteiger partial charge on any atom is 0.338 e. The number of benzene rings is 4. The number of aliphatic imine (C=N–C) groups is 4. The number of carboxylic acids is 3. The molecule has 12 heterocycles. The first-order chi connectivity index (χ1) is 70.3. The van der Waals surface area contributed by atoms with E-state index in [-0.39, 0.29) is 83.0 Å². The SMILES string of the molecule is C=C(Cc1csc(C2=NC(c3ccc(F)cc3Br)C(C(=O)OCC)=C(CN3CCOC[C@H]3C(=O)O)N2)n1)NC.C=C(Cc1csc(C2=NC(c3ccc(F)cc3Br)C(C(=O)OCC)=C(CN3CCOC[C@H]3C(=O)O)N2)n1)OC.CCOC(=O)C1=C(CN2CCOC(CC(=O)O)C2)NC(c2nccs2)=NC1c1ccc(Cl)cc1Cl.CCOC(=O)C1=C(CN2CCO[C@H](CO)C2)NC(c2nccs2)=NC1c1ccc(F)cc1Br. The van der Waals surface area contributed by atoms with Crippen molar-refractivity contribution in [2.24, 2.45) is 20.0 Å². The van der Waals surface area contributed by atoms with Crippen LogP contribution in [0.1, 0.15) is 112 Å². The Kier molecular flexibility index (Phi) is 41.4. The summed E-state index contributed by atoms with van der Waals surface area (Å²) in [6.45, 7) is 20.6. The van der Waals surface area contributed by atoms with Crippen molar-refractivity contribution in [3.63, 3.8) is 0 Å². The summed E-state index contributed by atoms with van der Waals surface area (Å²) < 4.78 is 91.9. The van der Waals surface area contributed by atoms with Gasteiger partial charge in [0.1, 0.15) is 53.7 Å². The van der Waals surface area contributed by atoms with Gasteiger partial charge in [-0.1, -0.05) is 108 Å². The monoisotopic (exact) mass is 2320 g/mol. The summed E-state index contributed by atoms with van der Waals surface area (Å²) in [7, 11) is 3.33. The molecule has 0 amide bonds. The first-order valence-corrected chi connectivity index (χ1v) is 52.6. The second-order valence-electron chi connectivity index (χ2n) is 33.1. The number of aliphatic hydroxyl groups excluding tert-OH is 1. The lowest BCUT2D eigenvalue weighted by Crippen LogP contribution is -2.52. The average Bonchev–Trinajstić information content (AvgIpc) is 1.27. The van der Waals surface area contributed by atoms with Gasteiger partial charge in [0.25, 0.3) is 0 Å². The van der Waals surface area contributed by atoms with Crippen LogP contribution in [0.4, 0.5) is 13.2 Å². The topological polar surface area (TPSA) is 458 Å². The van der Waals surface area contributed by atoms with Crippen LogP contribution < -0.4 is 26.6 Å². The summed E-state index contributed by atoms with van der Waals surface area (Å²) in [6.07, 6.45) is 3.48. The number of aliphatic hydroxyl groups is 1. The van der Waals surface area contributed by atoms with Gasteiger partial charge < -0.3 is 89.6 Å². The zero-order chi connectivity index (χ0) is 105. The smallest absolute Gasteiger partial charge is 0.338 e. The molecule has 4 saturated heterocycles. The van der Waals surface area contributed by atoms with Gasteiger partial charge >= 0.3 is 41.8 Å². The standard InChI is InChI=1S/C26H29BrFN5O5S.C26H28BrFN4O6S.C23H24Cl2N4O5S.C22H24BrFN4O4S/c1-4-38-26(36)21-19(11-33-7-8-37-12-20(33)25(34)35)31-23(24-30-16(13-39-24)9-14(2)29-3)32-22(21)17-6-5-15(28)10-18(17)27;1-4-38-26(35)21-19(11-32-7-8-37-12-20(32)25(33)34)30-23(24-29-16(13-39-24)9-14(2)36-3)31-22(21)17-6-5-15(28)10-18(17)27;1-2-33-23(32)19-17(12-29-6-7-34-14(11-29)10-18(30)31)27-21(22-26-5-8-35-22)28-20(19)15-4-3-13(24)9-16(15)25;1-2-31-22(30)18-17(11-28-6-7-32-14(10-28)12-29)26-20(21-25-5-8-33-21)27-19(18)15-4-3-13(24)9-16(15)23/h5-6,10,13,20,22,29H,2,4,7-9,11-12H2,1,3H3,(H,31,32)(H,34,35);5-6,10,13,20,22H,2,4,7-9,11-12H2,1,3H3,(H,30,31)(H,33,34);3-5,8-9,14,20H,2,6-7,10-12H2,1H3,(H,27,28)(H,30,31);3-5,8-9,14,19,29H,2,6-7,10-12H2,1H3,(H,26,27)/t2*20-,22?;;14-,19?/m00.0/s1. The molecule has 4 fully saturated rings. The van der Waals surface area contributed by atoms with Crippen molar-refractivity contribution >= 4 is 181 Å². The number of methoxy groups -OCH3 is 1. The molecule has 0 aliphatic carbocycles. The lowest BCUT2D eigenvalue weighted by atomic mass is 9.95. The first-order valence-electron chi connectivity index (χ1n) is 45.9. The number of nitrogens with one attached hydrogen (secondary N) is 5. The number of rotatable bonds is 35. The Hall–Kier alpha value is -10.9. The second kappa shape index (κ2) is 53.8. The minimum absolute atomic E-state index is 0.0183. The maximum atomic E-state index is 14.0. The number of hydrogen-bond donors (Lipinski definition) is 9. The molecule has 8 aliphatic heterocycles. The van der Waals surface area contributed by atoms with E-state index in [2.05, 4.69) is 107 Å². The van der Waals surface area contributed by atoms with Crippen molar-refractivity contribution in [1.29, 1.82) is 0 Å². The number of aromatic nitrogens is 4. The van der Waals surface area contributed by atoms with E-state index in [9.17, 15) is 62.1 Å². The van der Waals surface area contributed by atoms with Crippen molar-refractivity contribution < 1.29 is 110 Å². The molecule has 4 aromatic carbocycles. The van der Waals surface area contributed by atoms with Crippen molar-refractivity contribution in [2.75, 3.05) is 152 Å². The molecule has 146 heavy (non-hydrogen) atoms. The van der Waals surface area contributed by atoms with E-state index >= 15 is 0 Å². The molecule has 0 bridgehead atoms. The van der Waals surface area contributed by atoms with Gasteiger partial charge in [0.15, 0.2) is 43.4 Å². The van der Waals surface area contributed by atoms with Gasteiger partial charge in [0, 0.05) is 177 Å². The number of carbonyl (C=O) groups excluding carboxylic acids is 4. The van der Waals surface area contributed by atoms with Crippen LogP contribution in [-0.4, -0.2) is 302 Å². The third-order valence-electron chi connectivity index (χ3n) is 23.3. The number of likely N-dealkylation sites (N-methyl/N-ethyl adjacent to an activating group) is 1. The predicted molar refractivity (Wildman–Crippen MR) is 553 cm³/mol. The molecule has 778 valence electrons. The van der Waals surface area contributed by atoms with Gasteiger partial charge in [-0.3, -0.25) is 54.0 Å². The number of carboxylic acid groups (broad SMARTS) is 3. The highest BCUT2D eigenvalue weighted by Gasteiger charge is 2.43. The molecule has 0 spiro atoms. The van der Waals surface area contributed by atoms with Crippen LogP contribution in [-0.2, 0) is 89.0 Å². The van der Waals surface area contributed by atoms with E-state index in [0.29, 0.717) is 220 Å². The van der Waals surface area contributed by atoms with Gasteiger partial charge in [-0.05, 0) is 92.9 Å². The molecule has 4 aromatic heterocycles. The van der Waals surface area contributed by atoms with Crippen molar-refractivity contribution in [3.05, 3.63) is 271 Å². The number of morpholine rings is 4. The lowest BCUT2D eigenvalue weighted by Gasteiger charge is -2.35. The van der Waals surface area contributed by atoms with Crippen LogP contribution in [0.2, 0.25) is 10.0 Å². The van der Waals surface area contributed by atoms with E-state index < -0.39 is 102 Å². The van der Waals surface area contributed by atoms with E-state index in [1.54, 1.807) is 93.3 Å². The van der Waals surface area contributed by atoms with Gasteiger partial charge in [0.05, 0.1) is 138 Å². The number of ether oxygens (including phenoxy) is 9. The normalized spacial score (nSPS) is 20.4. The fraction of sp³-hybridized carbons (Fsp3) is 0.392. The van der Waals surface area contributed by atoms with E-state index in [1.807, 2.05) is 26.4 Å². The van der Waals surface area contributed by atoms with Gasteiger partial charge in [-0.15, -0.1) is 45.3 Å². The van der Waals surface area contributed by atoms with Crippen molar-refractivity contribution in [3.8, 4) is 0 Å². The molecule has 9 N–H and O–H groups in total. The second-order valence-corrected chi connectivity index (χ2v) is 40.0. The van der Waals surface area contributed by atoms with E-state index in [4.69, 9.17) is 95.9 Å². The number of hydrogen-bond acceptors (Lipinski definition) is 38. The predicted octanol–water partition coefficient (Wildman–Crippen LogP) is 12.6. The quantitative estimate of drug-likeness (QED) is 0.0101. The lowest BCUT2D eigenvalue weighted by molar-refractivity contribution is -0.150. The Morgan fingerprint density at radius 2 is 0.884 bits per heavy atom. The van der Waals surface area contributed by atoms with Crippen molar-refractivity contribution in [1.82, 2.24) is 66.1 Å². The molecule has 0 saturated carbocycles. The number of halogens is 8. The number of carbonyl (C=O) groups is 7. The highest BCUT2D eigenvalue weighted by molar-refractivity contribution is 9.11. The summed E-state index contributed by atoms with van der Waals surface area (Å²) in [4.78, 5) is 133. The molecule has 5 unspecified atom stereocenters. The van der Waals surface area contributed by atoms with E-state index in [1.165, 1.54) is 88.9 Å². The molecule has 8 aromatic rings. The van der Waals surface area contributed by atoms with Crippen molar-refractivity contribution in [2.45, 2.75) is 95.4 Å². The number of thiazole rings is 4. The zero-order valence-electron chi connectivity index (χ0n) is 79.7. The third kappa shape index (κ3) is 29.4. The highest BCUT2D eigenvalue weighted by Crippen LogP contribution is 2.44. The molecular formula is C97H105Br3Cl2F3N17O20S4. The third-order valence-corrected chi connectivity index (χ3v) is 29.3. The fourth-order valence-corrected chi connectivity index (χ4v) is 21.3. The molecule has 8 atom stereocenters. The molecule has 16 rings (SSSR count). The fourth-order valence-electron chi connectivity index (χ4n) is 16.4. The van der Waals surface area contributed by atoms with Crippen LogP contribution in [0.25, 0.3) is 0 Å². The van der Waals surface area contributed by atoms with Crippen LogP contribution in [0.3, 0.4) is 0 Å². The molecule has 49 heteroatoms. The number of esters is 4. The Balaban J connectivity index is 0.000000163. The largest absolute Gasteiger partial charge is 0.501 e. The zero-order valence-corrected chi connectivity index (χ0v) is 89.3. The molecule has 8 aliphatic rings. The molecule has 0 radical (unpaired) electrons. The summed E-state index contributed by atoms with van der Waals surface area (Å²) in [5.41, 5.74) is 7.85. The summed E-state index contributed by atoms with van der Waals surface area (Å²) in [6, 6.07) is 12.7. The van der Waals surface area contributed by atoms with Gasteiger partial charge in [-0.25, -0.2) is 52.3 Å². The Morgan fingerprint density at radius 3 is 1.24 bits per heavy atom. The van der Waals surface area contributed by atoms with Crippen LogP contribution in [0.15, 0.2) is 210 Å². The summed E-state index contributed by atoms with van der Waals surface area (Å²) in [5.74, 6) is -4.10. The Bertz CT molecular complexity index is 6170. The summed E-state index contributed by atoms with van der Waals surface area (Å²) >= 11 is 28.5. The minimum atomic E-state index is -1.03. The number of nitrogens with zero attached hydrogens (tertiary/aromatic N) is 12. The van der Waals surface area contributed by atoms with Gasteiger partial charge in [0.2, 0.25) is 0 Å². The average molecular weight is 2320 g/mol. The van der Waals surface area contributed by atoms with Crippen LogP contribution in [0.5, 0.6) is 0 Å². The number of allylic oxidation sites excluding steroid dienone is 2. The number of aliphatic carboxylic acids is 3. The minimum Gasteiger partial charge on any atom is -0.501 e.